The van der Waals surface area contributed by atoms with Crippen molar-refractivity contribution in [3.05, 3.63) is 46.4 Å². The number of carbonyl (C=O) groups excluding carboxylic acids is 1. The number of aromatic nitrogens is 1. The van der Waals surface area contributed by atoms with Crippen LogP contribution in [0.2, 0.25) is 0 Å². The van der Waals surface area contributed by atoms with Crippen molar-refractivity contribution in [2.45, 2.75) is 6.42 Å². The highest BCUT2D eigenvalue weighted by Crippen LogP contribution is 2.11. The molecule has 0 aliphatic carbocycles. The molecule has 0 saturated heterocycles. The van der Waals surface area contributed by atoms with Crippen molar-refractivity contribution in [3.8, 4) is 0 Å². The summed E-state index contributed by atoms with van der Waals surface area (Å²) in [5, 5.41) is 1.99. The summed E-state index contributed by atoms with van der Waals surface area (Å²) in [6.45, 7) is 0.343. The number of hydrogen-bond acceptors (Lipinski definition) is 5. The fraction of sp³-hybridized carbons (Fsp3) is 0.167. The fourth-order valence-electron chi connectivity index (χ4n) is 1.36. The van der Waals surface area contributed by atoms with E-state index in [9.17, 15) is 4.79 Å². The lowest BCUT2D eigenvalue weighted by Gasteiger charge is -2.04. The third-order valence-corrected chi connectivity index (χ3v) is 3.13. The van der Waals surface area contributed by atoms with E-state index >= 15 is 0 Å². The monoisotopic (exact) mass is 248 g/mol. The standard InChI is InChI=1S/C12H12N2O2S/c13-10-4-1-6-14-11(10)12(15)16-7-5-9-3-2-8-17-9/h1-4,6,8H,5,7,13H2. The number of rotatable bonds is 4. The topological polar surface area (TPSA) is 65.2 Å². The molecule has 4 nitrogen and oxygen atoms in total. The van der Waals surface area contributed by atoms with Crippen LogP contribution in [0.4, 0.5) is 5.69 Å². The molecule has 2 aromatic rings. The molecular weight excluding hydrogens is 236 g/mol. The van der Waals surface area contributed by atoms with E-state index in [0.717, 1.165) is 6.42 Å². The molecule has 2 rings (SSSR count). The summed E-state index contributed by atoms with van der Waals surface area (Å²) >= 11 is 1.64. The lowest BCUT2D eigenvalue weighted by atomic mass is 10.3. The molecule has 0 bridgehead atoms. The van der Waals surface area contributed by atoms with Gasteiger partial charge in [0.05, 0.1) is 12.3 Å². The molecule has 0 aromatic carbocycles. The van der Waals surface area contributed by atoms with Gasteiger partial charge >= 0.3 is 5.97 Å². The maximum absolute atomic E-state index is 11.6. The van der Waals surface area contributed by atoms with Crippen molar-refractivity contribution >= 4 is 23.0 Å². The summed E-state index contributed by atoms with van der Waals surface area (Å²) in [6, 6.07) is 7.28. The summed E-state index contributed by atoms with van der Waals surface area (Å²) in [4.78, 5) is 16.7. The molecule has 17 heavy (non-hydrogen) atoms. The van der Waals surface area contributed by atoms with Gasteiger partial charge in [-0.1, -0.05) is 6.07 Å². The van der Waals surface area contributed by atoms with Crippen LogP contribution in [0.1, 0.15) is 15.4 Å². The Morgan fingerprint density at radius 2 is 2.29 bits per heavy atom. The number of thiophene rings is 1. The van der Waals surface area contributed by atoms with Crippen LogP contribution in [-0.4, -0.2) is 17.6 Å². The van der Waals surface area contributed by atoms with E-state index in [1.54, 1.807) is 23.5 Å². The van der Waals surface area contributed by atoms with E-state index in [4.69, 9.17) is 10.5 Å². The van der Waals surface area contributed by atoms with Gasteiger partial charge in [-0.15, -0.1) is 11.3 Å². The van der Waals surface area contributed by atoms with Gasteiger partial charge in [-0.3, -0.25) is 0 Å². The van der Waals surface area contributed by atoms with Gasteiger partial charge < -0.3 is 10.5 Å². The second-order valence-electron chi connectivity index (χ2n) is 3.41. The zero-order chi connectivity index (χ0) is 12.1. The number of nitrogens with zero attached hydrogens (tertiary/aromatic N) is 1. The Morgan fingerprint density at radius 1 is 1.41 bits per heavy atom. The molecule has 0 spiro atoms. The fourth-order valence-corrected chi connectivity index (χ4v) is 2.05. The average Bonchev–Trinajstić information content (AvgIpc) is 2.82. The zero-order valence-electron chi connectivity index (χ0n) is 9.13. The minimum Gasteiger partial charge on any atom is -0.461 e. The van der Waals surface area contributed by atoms with E-state index in [1.165, 1.54) is 11.1 Å². The van der Waals surface area contributed by atoms with Gasteiger partial charge in [-0.05, 0) is 23.6 Å². The highest BCUT2D eigenvalue weighted by molar-refractivity contribution is 7.09. The Kier molecular flexibility index (Phi) is 3.72. The predicted octanol–water partition coefficient (Wildman–Crippen LogP) is 2.12. The van der Waals surface area contributed by atoms with Crippen LogP contribution in [0.3, 0.4) is 0 Å². The number of anilines is 1. The average molecular weight is 248 g/mol. The third kappa shape index (κ3) is 3.04. The largest absolute Gasteiger partial charge is 0.461 e. The molecule has 0 saturated carbocycles. The number of carbonyl (C=O) groups is 1. The lowest BCUT2D eigenvalue weighted by molar-refractivity contribution is 0.0504. The number of pyridine rings is 1. The lowest BCUT2D eigenvalue weighted by Crippen LogP contribution is -2.11. The molecule has 5 heteroatoms. The minimum atomic E-state index is -0.473. The van der Waals surface area contributed by atoms with E-state index in [0.29, 0.717) is 12.3 Å². The Labute approximate surface area is 103 Å². The zero-order valence-corrected chi connectivity index (χ0v) is 9.94. The Balaban J connectivity index is 1.88. The molecule has 0 aliphatic rings. The second-order valence-corrected chi connectivity index (χ2v) is 4.44. The quantitative estimate of drug-likeness (QED) is 0.842. The van der Waals surface area contributed by atoms with Crippen molar-refractivity contribution in [3.63, 3.8) is 0 Å². The van der Waals surface area contributed by atoms with Crippen molar-refractivity contribution in [1.29, 1.82) is 0 Å². The van der Waals surface area contributed by atoms with Gasteiger partial charge in [0.15, 0.2) is 5.69 Å². The maximum Gasteiger partial charge on any atom is 0.359 e. The normalized spacial score (nSPS) is 10.1. The minimum absolute atomic E-state index is 0.179. The first-order valence-electron chi connectivity index (χ1n) is 5.17. The molecule has 0 fully saturated rings. The van der Waals surface area contributed by atoms with Gasteiger partial charge in [0.1, 0.15) is 0 Å². The molecule has 0 aliphatic heterocycles. The summed E-state index contributed by atoms with van der Waals surface area (Å²) in [5.74, 6) is -0.473. The van der Waals surface area contributed by atoms with E-state index in [2.05, 4.69) is 4.98 Å². The first-order valence-corrected chi connectivity index (χ1v) is 6.05. The molecule has 0 atom stereocenters. The van der Waals surface area contributed by atoms with Crippen molar-refractivity contribution in [1.82, 2.24) is 4.98 Å². The first kappa shape index (κ1) is 11.6. The molecule has 2 heterocycles. The van der Waals surface area contributed by atoms with Gasteiger partial charge in [0, 0.05) is 17.5 Å². The number of esters is 1. The van der Waals surface area contributed by atoms with Gasteiger partial charge in [0.2, 0.25) is 0 Å². The Hall–Kier alpha value is -1.88. The van der Waals surface area contributed by atoms with E-state index < -0.39 is 5.97 Å². The van der Waals surface area contributed by atoms with Crippen LogP contribution in [0.5, 0.6) is 0 Å². The molecule has 2 N–H and O–H groups in total. The van der Waals surface area contributed by atoms with Crippen molar-refractivity contribution < 1.29 is 9.53 Å². The summed E-state index contributed by atoms with van der Waals surface area (Å²) in [5.41, 5.74) is 6.15. The highest BCUT2D eigenvalue weighted by atomic mass is 32.1. The number of nitrogens with two attached hydrogens (primary N) is 1. The Morgan fingerprint density at radius 3 is 3.00 bits per heavy atom. The number of nitrogen functional groups attached to an aromatic ring is 1. The van der Waals surface area contributed by atoms with Crippen molar-refractivity contribution in [2.24, 2.45) is 0 Å². The SMILES string of the molecule is Nc1cccnc1C(=O)OCCc1cccs1. The van der Waals surface area contributed by atoms with Crippen LogP contribution in [-0.2, 0) is 11.2 Å². The van der Waals surface area contributed by atoms with E-state index in [-0.39, 0.29) is 5.69 Å². The second kappa shape index (κ2) is 5.45. The molecule has 2 aromatic heterocycles. The number of ether oxygens (including phenoxy) is 1. The molecule has 0 amide bonds. The predicted molar refractivity (Wildman–Crippen MR) is 67.0 cm³/mol. The van der Waals surface area contributed by atoms with Crippen LogP contribution in [0.15, 0.2) is 35.8 Å². The van der Waals surface area contributed by atoms with Gasteiger partial charge in [0.25, 0.3) is 0 Å². The molecule has 0 unspecified atom stereocenters. The van der Waals surface area contributed by atoms with E-state index in [1.807, 2.05) is 17.5 Å². The number of hydrogen-bond donors (Lipinski definition) is 1. The van der Waals surface area contributed by atoms with Crippen LogP contribution >= 0.6 is 11.3 Å². The van der Waals surface area contributed by atoms with Crippen molar-refractivity contribution in [2.75, 3.05) is 12.3 Å². The third-order valence-electron chi connectivity index (χ3n) is 2.19. The summed E-state index contributed by atoms with van der Waals surface area (Å²) in [6.07, 6.45) is 2.24. The summed E-state index contributed by atoms with van der Waals surface area (Å²) < 4.78 is 5.11. The maximum atomic E-state index is 11.6. The molecular formula is C12H12N2O2S. The highest BCUT2D eigenvalue weighted by Gasteiger charge is 2.11. The van der Waals surface area contributed by atoms with Crippen LogP contribution in [0, 0.1) is 0 Å². The first-order chi connectivity index (χ1) is 8.27. The summed E-state index contributed by atoms with van der Waals surface area (Å²) in [7, 11) is 0. The van der Waals surface area contributed by atoms with Gasteiger partial charge in [-0.25, -0.2) is 9.78 Å². The van der Waals surface area contributed by atoms with Crippen LogP contribution < -0.4 is 5.73 Å². The Bertz CT molecular complexity index is 497. The van der Waals surface area contributed by atoms with Gasteiger partial charge in [-0.2, -0.15) is 0 Å². The molecule has 88 valence electrons. The smallest absolute Gasteiger partial charge is 0.359 e. The molecule has 0 radical (unpaired) electrons. The van der Waals surface area contributed by atoms with Crippen LogP contribution in [0.25, 0.3) is 0 Å².